The minimum absolute atomic E-state index is 0.205. The van der Waals surface area contributed by atoms with Crippen molar-refractivity contribution < 1.29 is 4.74 Å². The van der Waals surface area contributed by atoms with Gasteiger partial charge in [0.1, 0.15) is 11.8 Å². The molecule has 2 heterocycles. The van der Waals surface area contributed by atoms with Crippen LogP contribution >= 0.6 is 0 Å². The Hall–Kier alpha value is -1.35. The fourth-order valence-corrected chi connectivity index (χ4v) is 1.36. The molecule has 0 saturated carbocycles. The number of pyridine rings is 1. The van der Waals surface area contributed by atoms with E-state index in [1.807, 2.05) is 24.3 Å². The van der Waals surface area contributed by atoms with Crippen LogP contribution in [0, 0.1) is 0 Å². The zero-order valence-corrected chi connectivity index (χ0v) is 7.31. The van der Waals surface area contributed by atoms with Gasteiger partial charge in [0.05, 0.1) is 12.3 Å². The van der Waals surface area contributed by atoms with Gasteiger partial charge in [-0.1, -0.05) is 6.07 Å². The number of ether oxygens (including phenoxy) is 1. The zero-order chi connectivity index (χ0) is 9.10. The van der Waals surface area contributed by atoms with Gasteiger partial charge >= 0.3 is 0 Å². The van der Waals surface area contributed by atoms with Crippen LogP contribution in [0.3, 0.4) is 0 Å². The second kappa shape index (κ2) is 3.58. The molecule has 0 saturated heterocycles. The monoisotopic (exact) mass is 176 g/mol. The lowest BCUT2D eigenvalue weighted by Crippen LogP contribution is -2.14. The second-order valence-corrected chi connectivity index (χ2v) is 2.98. The maximum absolute atomic E-state index is 5.94. The first-order chi connectivity index (χ1) is 6.38. The molecule has 1 aliphatic heterocycles. The fourth-order valence-electron chi connectivity index (χ4n) is 1.36. The fraction of sp³-hybridized carbons (Fsp3) is 0.300. The molecule has 1 unspecified atom stereocenters. The highest BCUT2D eigenvalue weighted by atomic mass is 16.5. The molecule has 0 amide bonds. The molecule has 0 bridgehead atoms. The van der Waals surface area contributed by atoms with Gasteiger partial charge in [0.15, 0.2) is 0 Å². The predicted molar refractivity (Wildman–Crippen MR) is 49.8 cm³/mol. The van der Waals surface area contributed by atoms with Crippen molar-refractivity contribution in [3.63, 3.8) is 0 Å². The van der Waals surface area contributed by atoms with Gasteiger partial charge in [-0.3, -0.25) is 4.98 Å². The first-order valence-corrected chi connectivity index (χ1v) is 4.37. The molecule has 0 aromatic carbocycles. The third kappa shape index (κ3) is 1.70. The number of hydrogen-bond acceptors (Lipinski definition) is 3. The summed E-state index contributed by atoms with van der Waals surface area (Å²) in [5.74, 6) is 0.846. The molecule has 3 heteroatoms. The van der Waals surface area contributed by atoms with Crippen LogP contribution in [0.2, 0.25) is 0 Å². The summed E-state index contributed by atoms with van der Waals surface area (Å²) in [7, 11) is 0. The van der Waals surface area contributed by atoms with Crippen LogP contribution in [0.25, 0.3) is 0 Å². The summed E-state index contributed by atoms with van der Waals surface area (Å²) < 4.78 is 5.37. The molecule has 0 spiro atoms. The Labute approximate surface area is 77.2 Å². The smallest absolute Gasteiger partial charge is 0.115 e. The largest absolute Gasteiger partial charge is 0.496 e. The summed E-state index contributed by atoms with van der Waals surface area (Å²) in [5.41, 5.74) is 6.80. The molecule has 0 aliphatic carbocycles. The number of nitrogens with zero attached hydrogens (tertiary/aromatic N) is 1. The molecule has 2 rings (SSSR count). The molecule has 3 nitrogen and oxygen atoms in total. The van der Waals surface area contributed by atoms with E-state index in [9.17, 15) is 0 Å². The maximum Gasteiger partial charge on any atom is 0.115 e. The van der Waals surface area contributed by atoms with Gasteiger partial charge in [0, 0.05) is 12.6 Å². The van der Waals surface area contributed by atoms with Gasteiger partial charge in [0.2, 0.25) is 0 Å². The molecule has 1 atom stereocenters. The van der Waals surface area contributed by atoms with Crippen LogP contribution < -0.4 is 5.73 Å². The number of aromatic nitrogens is 1. The molecule has 68 valence electrons. The third-order valence-corrected chi connectivity index (χ3v) is 2.05. The van der Waals surface area contributed by atoms with Gasteiger partial charge in [-0.15, -0.1) is 0 Å². The van der Waals surface area contributed by atoms with Crippen molar-refractivity contribution in [2.45, 2.75) is 12.5 Å². The molecular weight excluding hydrogens is 164 g/mol. The second-order valence-electron chi connectivity index (χ2n) is 2.98. The van der Waals surface area contributed by atoms with Crippen LogP contribution in [0.1, 0.15) is 18.2 Å². The molecule has 0 fully saturated rings. The quantitative estimate of drug-likeness (QED) is 0.740. The Morgan fingerprint density at radius 2 is 2.38 bits per heavy atom. The zero-order valence-electron chi connectivity index (χ0n) is 7.31. The Balaban J connectivity index is 2.17. The van der Waals surface area contributed by atoms with E-state index < -0.39 is 0 Å². The summed E-state index contributed by atoms with van der Waals surface area (Å²) in [6.07, 6.45) is 4.72. The standard InChI is InChI=1S/C10H12N2O/c11-10(9-5-3-7-13-9)8-4-1-2-6-12-8/h1-2,4-6,10H,3,7,11H2. The van der Waals surface area contributed by atoms with E-state index in [0.717, 1.165) is 24.5 Å². The van der Waals surface area contributed by atoms with Crippen molar-refractivity contribution >= 4 is 0 Å². The summed E-state index contributed by atoms with van der Waals surface area (Å²) in [4.78, 5) is 4.18. The van der Waals surface area contributed by atoms with Crippen LogP contribution in [0.4, 0.5) is 0 Å². The van der Waals surface area contributed by atoms with E-state index in [4.69, 9.17) is 10.5 Å². The topological polar surface area (TPSA) is 48.1 Å². The van der Waals surface area contributed by atoms with Gasteiger partial charge in [-0.25, -0.2) is 0 Å². The summed E-state index contributed by atoms with van der Waals surface area (Å²) >= 11 is 0. The lowest BCUT2D eigenvalue weighted by molar-refractivity contribution is 0.224. The minimum Gasteiger partial charge on any atom is -0.496 e. The van der Waals surface area contributed by atoms with Gasteiger partial charge in [-0.2, -0.15) is 0 Å². The van der Waals surface area contributed by atoms with Crippen molar-refractivity contribution in [1.29, 1.82) is 0 Å². The van der Waals surface area contributed by atoms with Crippen LogP contribution in [0.15, 0.2) is 36.2 Å². The third-order valence-electron chi connectivity index (χ3n) is 2.05. The lowest BCUT2D eigenvalue weighted by atomic mass is 10.1. The summed E-state index contributed by atoms with van der Waals surface area (Å²) in [6, 6.07) is 5.51. The number of hydrogen-bond donors (Lipinski definition) is 1. The number of nitrogens with two attached hydrogens (primary N) is 1. The van der Waals surface area contributed by atoms with Crippen LogP contribution in [-0.4, -0.2) is 11.6 Å². The first-order valence-electron chi connectivity index (χ1n) is 4.37. The highest BCUT2D eigenvalue weighted by molar-refractivity contribution is 5.19. The highest BCUT2D eigenvalue weighted by Gasteiger charge is 2.16. The number of rotatable bonds is 2. The van der Waals surface area contributed by atoms with E-state index in [-0.39, 0.29) is 6.04 Å². The molecule has 13 heavy (non-hydrogen) atoms. The first kappa shape index (κ1) is 8.26. The average molecular weight is 176 g/mol. The Bertz CT molecular complexity index is 308. The Morgan fingerprint density at radius 1 is 1.46 bits per heavy atom. The van der Waals surface area contributed by atoms with Gasteiger partial charge < -0.3 is 10.5 Å². The Kier molecular flexibility index (Phi) is 2.27. The van der Waals surface area contributed by atoms with E-state index >= 15 is 0 Å². The molecular formula is C10H12N2O. The molecule has 2 N–H and O–H groups in total. The van der Waals surface area contributed by atoms with E-state index in [0.29, 0.717) is 0 Å². The predicted octanol–water partition coefficient (Wildman–Crippen LogP) is 1.39. The van der Waals surface area contributed by atoms with Gasteiger partial charge in [-0.05, 0) is 18.2 Å². The van der Waals surface area contributed by atoms with Crippen molar-refractivity contribution in [2.24, 2.45) is 5.73 Å². The minimum atomic E-state index is -0.205. The SMILES string of the molecule is NC(C1=CCCO1)c1ccccn1. The van der Waals surface area contributed by atoms with Crippen molar-refractivity contribution in [1.82, 2.24) is 4.98 Å². The summed E-state index contributed by atoms with van der Waals surface area (Å²) in [6.45, 7) is 0.746. The van der Waals surface area contributed by atoms with E-state index in [1.165, 1.54) is 0 Å². The van der Waals surface area contributed by atoms with E-state index in [1.54, 1.807) is 6.20 Å². The maximum atomic E-state index is 5.94. The molecule has 0 radical (unpaired) electrons. The molecule has 1 aromatic heterocycles. The lowest BCUT2D eigenvalue weighted by Gasteiger charge is -2.11. The molecule has 1 aromatic rings. The van der Waals surface area contributed by atoms with Crippen LogP contribution in [-0.2, 0) is 4.74 Å². The van der Waals surface area contributed by atoms with Gasteiger partial charge in [0.25, 0.3) is 0 Å². The summed E-state index contributed by atoms with van der Waals surface area (Å²) in [5, 5.41) is 0. The Morgan fingerprint density at radius 3 is 3.00 bits per heavy atom. The van der Waals surface area contributed by atoms with Crippen molar-refractivity contribution in [3.05, 3.63) is 41.9 Å². The van der Waals surface area contributed by atoms with Crippen molar-refractivity contribution in [2.75, 3.05) is 6.61 Å². The van der Waals surface area contributed by atoms with Crippen molar-refractivity contribution in [3.8, 4) is 0 Å². The average Bonchev–Trinajstić information content (AvgIpc) is 2.71. The van der Waals surface area contributed by atoms with Crippen LogP contribution in [0.5, 0.6) is 0 Å². The van der Waals surface area contributed by atoms with E-state index in [2.05, 4.69) is 4.98 Å². The molecule has 1 aliphatic rings. The highest BCUT2D eigenvalue weighted by Crippen LogP contribution is 2.22. The normalized spacial score (nSPS) is 17.8.